The zero-order valence-corrected chi connectivity index (χ0v) is 22.5. The minimum atomic E-state index is -4.79. The monoisotopic (exact) mass is 580 g/mol. The fourth-order valence-corrected chi connectivity index (χ4v) is 7.53. The molecule has 1 aromatic carbocycles. The molecule has 4 saturated heterocycles. The zero-order valence-electron chi connectivity index (χ0n) is 22.5. The molecule has 5 atom stereocenters. The van der Waals surface area contributed by atoms with Gasteiger partial charge in [0.15, 0.2) is 5.82 Å². The molecule has 1 aromatic heterocycles. The maximum absolute atomic E-state index is 15.1. The van der Waals surface area contributed by atoms with Crippen LogP contribution in [0.5, 0.6) is 6.01 Å². The number of anilines is 2. The zero-order chi connectivity index (χ0) is 28.5. The standard InChI is InChI=1S/C28H33F5N6O2/c29-15-9-27(6-1-7-39(27)10-15)14-41-26-36-21-8-22(23-19(28(31,32)33)4-5-20(34)24(23)30)40-13-18(21)25(37-26)38-11-16-2-3-17(12-38)35-16/h4-5,15-17,22,35H,1-3,6-14,34H2/t15-,16?,17?,22?,27+/m1/s1. The maximum atomic E-state index is 15.1. The summed E-state index contributed by atoms with van der Waals surface area (Å²) in [6, 6.07) is 2.42. The number of nitrogens with one attached hydrogen (secondary N) is 1. The fourth-order valence-electron chi connectivity index (χ4n) is 7.53. The number of hydrogen-bond donors (Lipinski definition) is 2. The molecule has 0 amide bonds. The largest absolute Gasteiger partial charge is 0.461 e. The van der Waals surface area contributed by atoms with E-state index in [0.29, 0.717) is 55.2 Å². The molecule has 222 valence electrons. The Morgan fingerprint density at radius 1 is 1.15 bits per heavy atom. The highest BCUT2D eigenvalue weighted by Gasteiger charge is 2.49. The molecule has 5 aliphatic heterocycles. The lowest BCUT2D eigenvalue weighted by Crippen LogP contribution is -2.52. The van der Waals surface area contributed by atoms with Crippen LogP contribution in [0.1, 0.15) is 60.6 Å². The van der Waals surface area contributed by atoms with Crippen molar-refractivity contribution in [3.63, 3.8) is 0 Å². The van der Waals surface area contributed by atoms with E-state index in [1.165, 1.54) is 0 Å². The number of benzene rings is 1. The van der Waals surface area contributed by atoms with E-state index in [1.54, 1.807) is 0 Å². The van der Waals surface area contributed by atoms with E-state index in [0.717, 1.165) is 44.4 Å². The van der Waals surface area contributed by atoms with Crippen molar-refractivity contribution in [3.05, 3.63) is 40.3 Å². The molecule has 0 spiro atoms. The Kier molecular flexibility index (Phi) is 6.55. The van der Waals surface area contributed by atoms with Gasteiger partial charge in [-0.3, -0.25) is 4.90 Å². The van der Waals surface area contributed by atoms with Gasteiger partial charge in [-0.2, -0.15) is 23.1 Å². The van der Waals surface area contributed by atoms with Gasteiger partial charge in [-0.05, 0) is 44.4 Å². The van der Waals surface area contributed by atoms with Crippen molar-refractivity contribution in [2.75, 3.05) is 43.4 Å². The fraction of sp³-hybridized carbons (Fsp3) is 0.643. The predicted molar refractivity (Wildman–Crippen MR) is 140 cm³/mol. The number of rotatable bonds is 5. The highest BCUT2D eigenvalue weighted by atomic mass is 19.4. The maximum Gasteiger partial charge on any atom is 0.416 e. The van der Waals surface area contributed by atoms with Crippen LogP contribution in [0.3, 0.4) is 0 Å². The van der Waals surface area contributed by atoms with E-state index < -0.39 is 40.9 Å². The lowest BCUT2D eigenvalue weighted by Gasteiger charge is -2.37. The van der Waals surface area contributed by atoms with E-state index >= 15 is 4.39 Å². The van der Waals surface area contributed by atoms with Gasteiger partial charge in [-0.15, -0.1) is 0 Å². The Morgan fingerprint density at radius 2 is 1.93 bits per heavy atom. The van der Waals surface area contributed by atoms with E-state index in [-0.39, 0.29) is 31.3 Å². The second kappa shape index (κ2) is 9.91. The van der Waals surface area contributed by atoms with Crippen LogP contribution >= 0.6 is 0 Å². The van der Waals surface area contributed by atoms with Gasteiger partial charge in [0.2, 0.25) is 0 Å². The molecular weight excluding hydrogens is 547 g/mol. The van der Waals surface area contributed by atoms with Gasteiger partial charge < -0.3 is 25.4 Å². The third kappa shape index (κ3) is 4.79. The molecule has 7 rings (SSSR count). The Hall–Kier alpha value is -2.77. The highest BCUT2D eigenvalue weighted by Crippen LogP contribution is 2.44. The molecule has 6 heterocycles. The minimum absolute atomic E-state index is 0.0817. The van der Waals surface area contributed by atoms with E-state index in [1.807, 2.05) is 0 Å². The number of hydrogen-bond acceptors (Lipinski definition) is 8. The average Bonchev–Trinajstić information content (AvgIpc) is 3.57. The molecule has 2 bridgehead atoms. The summed E-state index contributed by atoms with van der Waals surface area (Å²) in [5, 5.41) is 3.59. The molecular formula is C28H33F5N6O2. The van der Waals surface area contributed by atoms with Gasteiger partial charge in [0.1, 0.15) is 18.6 Å². The number of fused-ring (bicyclic) bond motifs is 4. The Balaban J connectivity index is 1.24. The van der Waals surface area contributed by atoms with Gasteiger partial charge in [0.05, 0.1) is 35.2 Å². The van der Waals surface area contributed by atoms with Crippen molar-refractivity contribution >= 4 is 11.5 Å². The molecule has 3 unspecified atom stereocenters. The second-order valence-corrected chi connectivity index (χ2v) is 12.1. The third-order valence-electron chi connectivity index (χ3n) is 9.44. The molecule has 8 nitrogen and oxygen atoms in total. The normalized spacial score (nSPS) is 31.4. The number of nitrogen functional groups attached to an aromatic ring is 1. The minimum Gasteiger partial charge on any atom is -0.461 e. The Labute approximate surface area is 234 Å². The molecule has 0 aliphatic carbocycles. The summed E-state index contributed by atoms with van der Waals surface area (Å²) in [6.07, 6.45) is -2.79. The van der Waals surface area contributed by atoms with E-state index in [9.17, 15) is 17.6 Å². The summed E-state index contributed by atoms with van der Waals surface area (Å²) in [5.74, 6) is -0.512. The van der Waals surface area contributed by atoms with Crippen LogP contribution in [0.15, 0.2) is 12.1 Å². The van der Waals surface area contributed by atoms with Crippen LogP contribution in [-0.2, 0) is 23.9 Å². The molecule has 41 heavy (non-hydrogen) atoms. The smallest absolute Gasteiger partial charge is 0.416 e. The second-order valence-electron chi connectivity index (χ2n) is 12.1. The van der Waals surface area contributed by atoms with Crippen LogP contribution in [-0.4, -0.2) is 71.4 Å². The summed E-state index contributed by atoms with van der Waals surface area (Å²) in [7, 11) is 0. The summed E-state index contributed by atoms with van der Waals surface area (Å²) in [4.78, 5) is 13.7. The molecule has 2 aromatic rings. The number of nitrogens with two attached hydrogens (primary N) is 1. The lowest BCUT2D eigenvalue weighted by atomic mass is 9.93. The number of aromatic nitrogens is 2. The van der Waals surface area contributed by atoms with Crippen molar-refractivity contribution in [1.82, 2.24) is 20.2 Å². The van der Waals surface area contributed by atoms with E-state index in [2.05, 4.69) is 20.1 Å². The topological polar surface area (TPSA) is 88.8 Å². The number of ether oxygens (including phenoxy) is 2. The molecule has 0 radical (unpaired) electrons. The molecule has 5 aliphatic rings. The van der Waals surface area contributed by atoms with Gasteiger partial charge >= 0.3 is 12.2 Å². The summed E-state index contributed by atoms with van der Waals surface area (Å²) >= 11 is 0. The number of alkyl halides is 4. The summed E-state index contributed by atoms with van der Waals surface area (Å²) < 4.78 is 83.2. The first kappa shape index (κ1) is 27.1. The van der Waals surface area contributed by atoms with Crippen LogP contribution in [0.25, 0.3) is 0 Å². The first-order valence-corrected chi connectivity index (χ1v) is 14.3. The number of nitrogens with zero attached hydrogens (tertiary/aromatic N) is 4. The van der Waals surface area contributed by atoms with Crippen LogP contribution in [0.4, 0.5) is 33.5 Å². The summed E-state index contributed by atoms with van der Waals surface area (Å²) in [5.41, 5.74) is 4.26. The molecule has 3 N–H and O–H groups in total. The van der Waals surface area contributed by atoms with E-state index in [4.69, 9.17) is 20.2 Å². The van der Waals surface area contributed by atoms with Gasteiger partial charge in [0, 0.05) is 55.7 Å². The Morgan fingerprint density at radius 3 is 2.68 bits per heavy atom. The highest BCUT2D eigenvalue weighted by molar-refractivity contribution is 5.53. The average molecular weight is 581 g/mol. The Bertz CT molecular complexity index is 1330. The predicted octanol–water partition coefficient (Wildman–Crippen LogP) is 3.93. The molecule has 0 saturated carbocycles. The van der Waals surface area contributed by atoms with Crippen LogP contribution in [0, 0.1) is 5.82 Å². The number of piperazine rings is 1. The van der Waals surface area contributed by atoms with Crippen molar-refractivity contribution < 1.29 is 31.4 Å². The van der Waals surface area contributed by atoms with Crippen molar-refractivity contribution in [2.45, 2.75) is 81.2 Å². The van der Waals surface area contributed by atoms with Gasteiger partial charge in [-0.1, -0.05) is 0 Å². The summed E-state index contributed by atoms with van der Waals surface area (Å²) in [6.45, 7) is 2.77. The first-order valence-electron chi connectivity index (χ1n) is 14.3. The lowest BCUT2D eigenvalue weighted by molar-refractivity contribution is -0.140. The van der Waals surface area contributed by atoms with Gasteiger partial charge in [-0.25, -0.2) is 8.78 Å². The molecule has 4 fully saturated rings. The van der Waals surface area contributed by atoms with Crippen LogP contribution in [0.2, 0.25) is 0 Å². The number of halogens is 5. The first-order chi connectivity index (χ1) is 19.6. The SMILES string of the molecule is Nc1ccc(C(F)(F)F)c(C2Cc3nc(OC[C@@]45CCCN4C[C@H](F)C5)nc(N4CC5CCC(C4)N5)c3CO2)c1F. The quantitative estimate of drug-likeness (QED) is 0.407. The van der Waals surface area contributed by atoms with Crippen molar-refractivity contribution in [1.29, 1.82) is 0 Å². The van der Waals surface area contributed by atoms with Crippen molar-refractivity contribution in [3.8, 4) is 6.01 Å². The van der Waals surface area contributed by atoms with Gasteiger partial charge in [0.25, 0.3) is 0 Å². The molecule has 13 heteroatoms. The third-order valence-corrected chi connectivity index (χ3v) is 9.44. The van der Waals surface area contributed by atoms with Crippen LogP contribution < -0.4 is 20.7 Å². The van der Waals surface area contributed by atoms with Crippen molar-refractivity contribution in [2.24, 2.45) is 0 Å².